The number of likely N-dealkylation sites (N-methyl/N-ethyl adjacent to an activating group) is 1. The Morgan fingerprint density at radius 3 is 2.25 bits per heavy atom. The molecule has 4 amide bonds. The highest BCUT2D eigenvalue weighted by Gasteiger charge is 2.47. The number of likely N-dealkylation sites (tertiary alicyclic amines) is 1. The van der Waals surface area contributed by atoms with E-state index in [9.17, 15) is 14.4 Å². The Kier molecular flexibility index (Phi) is 5.17. The Morgan fingerprint density at radius 1 is 0.969 bits per heavy atom. The third-order valence-electron chi connectivity index (χ3n) is 6.60. The Bertz CT molecular complexity index is 1080. The minimum absolute atomic E-state index is 0.0555. The van der Waals surface area contributed by atoms with Gasteiger partial charge in [0, 0.05) is 20.1 Å². The summed E-state index contributed by atoms with van der Waals surface area (Å²) in [5.41, 5.74) is 2.82. The summed E-state index contributed by atoms with van der Waals surface area (Å²) >= 11 is 0. The molecule has 0 aliphatic carbocycles. The summed E-state index contributed by atoms with van der Waals surface area (Å²) in [7, 11) is 1.67. The molecule has 32 heavy (non-hydrogen) atoms. The summed E-state index contributed by atoms with van der Waals surface area (Å²) in [5.74, 6) is -0.262. The quantitative estimate of drug-likeness (QED) is 0.811. The fraction of sp³-hybridized carbons (Fsp3) is 0.320. The number of benzene rings is 2. The molecule has 0 spiro atoms. The van der Waals surface area contributed by atoms with Crippen LogP contribution in [-0.2, 0) is 9.59 Å². The standard InChI is InChI=1S/C25H26N4O3/c1-27-19-16-29(22(18-12-6-3-7-13-18)24(31)28-14-8-9-15-28)23(30)20(19)21(26-25(27)32)17-10-4-2-5-11-17/h2-7,10-13,21-22H,8-9,14-16H2,1H3,(H,26,32). The number of urea groups is 1. The summed E-state index contributed by atoms with van der Waals surface area (Å²) in [4.78, 5) is 45.1. The van der Waals surface area contributed by atoms with Crippen molar-refractivity contribution in [3.05, 3.63) is 83.1 Å². The van der Waals surface area contributed by atoms with Crippen LogP contribution in [0, 0.1) is 0 Å². The molecule has 3 aliphatic rings. The first-order valence-corrected chi connectivity index (χ1v) is 11.0. The first-order chi connectivity index (χ1) is 15.6. The molecule has 7 heteroatoms. The number of nitrogens with one attached hydrogen (secondary N) is 1. The van der Waals surface area contributed by atoms with Crippen molar-refractivity contribution in [3.8, 4) is 0 Å². The highest BCUT2D eigenvalue weighted by molar-refractivity contribution is 6.03. The van der Waals surface area contributed by atoms with Gasteiger partial charge in [0.05, 0.1) is 23.9 Å². The maximum atomic E-state index is 13.8. The summed E-state index contributed by atoms with van der Waals surface area (Å²) in [6, 6.07) is 17.4. The van der Waals surface area contributed by atoms with Crippen LogP contribution in [0.1, 0.15) is 36.1 Å². The van der Waals surface area contributed by atoms with Crippen molar-refractivity contribution < 1.29 is 14.4 Å². The van der Waals surface area contributed by atoms with Gasteiger partial charge in [-0.25, -0.2) is 4.79 Å². The predicted octanol–water partition coefficient (Wildman–Crippen LogP) is 2.84. The molecule has 7 nitrogen and oxygen atoms in total. The molecule has 2 unspecified atom stereocenters. The van der Waals surface area contributed by atoms with E-state index in [4.69, 9.17) is 0 Å². The van der Waals surface area contributed by atoms with Crippen LogP contribution in [0.2, 0.25) is 0 Å². The van der Waals surface area contributed by atoms with Crippen molar-refractivity contribution in [3.63, 3.8) is 0 Å². The predicted molar refractivity (Wildman–Crippen MR) is 119 cm³/mol. The Morgan fingerprint density at radius 2 is 1.59 bits per heavy atom. The molecule has 1 fully saturated rings. The second-order valence-corrected chi connectivity index (χ2v) is 8.49. The van der Waals surface area contributed by atoms with E-state index in [1.54, 1.807) is 11.9 Å². The van der Waals surface area contributed by atoms with Crippen LogP contribution in [-0.4, -0.2) is 59.2 Å². The van der Waals surface area contributed by atoms with Crippen LogP contribution in [0.5, 0.6) is 0 Å². The van der Waals surface area contributed by atoms with E-state index >= 15 is 0 Å². The van der Waals surface area contributed by atoms with E-state index in [-0.39, 0.29) is 24.4 Å². The first-order valence-electron chi connectivity index (χ1n) is 11.0. The molecule has 3 heterocycles. The summed E-state index contributed by atoms with van der Waals surface area (Å²) in [6.07, 6.45) is 1.96. The maximum Gasteiger partial charge on any atom is 0.322 e. The van der Waals surface area contributed by atoms with Crippen molar-refractivity contribution in [1.29, 1.82) is 0 Å². The second-order valence-electron chi connectivity index (χ2n) is 8.49. The first kappa shape index (κ1) is 20.3. The lowest BCUT2D eigenvalue weighted by molar-refractivity contribution is -0.142. The molecule has 164 valence electrons. The highest BCUT2D eigenvalue weighted by atomic mass is 16.2. The normalized spacial score (nSPS) is 21.7. The lowest BCUT2D eigenvalue weighted by Crippen LogP contribution is -2.45. The molecule has 5 rings (SSSR count). The van der Waals surface area contributed by atoms with Gasteiger partial charge in [0.25, 0.3) is 5.91 Å². The van der Waals surface area contributed by atoms with E-state index in [0.717, 1.165) is 24.0 Å². The number of carbonyl (C=O) groups is 3. The third-order valence-corrected chi connectivity index (χ3v) is 6.60. The fourth-order valence-corrected chi connectivity index (χ4v) is 4.89. The van der Waals surface area contributed by atoms with Gasteiger partial charge >= 0.3 is 6.03 Å². The number of rotatable bonds is 4. The third kappa shape index (κ3) is 3.34. The number of nitrogens with zero attached hydrogens (tertiary/aromatic N) is 3. The largest absolute Gasteiger partial charge is 0.341 e. The smallest absolute Gasteiger partial charge is 0.322 e. The average molecular weight is 431 g/mol. The Labute approximate surface area is 187 Å². The van der Waals surface area contributed by atoms with Crippen LogP contribution in [0.25, 0.3) is 0 Å². The SMILES string of the molecule is CN1C(=O)NC(c2ccccc2)C2=C1CN(C(C(=O)N1CCCC1)c1ccccc1)C2=O. The minimum Gasteiger partial charge on any atom is -0.341 e. The van der Waals surface area contributed by atoms with E-state index < -0.39 is 12.1 Å². The summed E-state index contributed by atoms with van der Waals surface area (Å²) in [5, 5.41) is 2.95. The molecule has 2 aromatic rings. The van der Waals surface area contributed by atoms with Crippen molar-refractivity contribution in [2.24, 2.45) is 0 Å². The zero-order valence-electron chi connectivity index (χ0n) is 18.0. The van der Waals surface area contributed by atoms with Gasteiger partial charge in [0.2, 0.25) is 5.91 Å². The number of hydrogen-bond donors (Lipinski definition) is 1. The van der Waals surface area contributed by atoms with Gasteiger partial charge < -0.3 is 15.1 Å². The zero-order chi connectivity index (χ0) is 22.2. The van der Waals surface area contributed by atoms with Gasteiger partial charge in [0.15, 0.2) is 0 Å². The maximum absolute atomic E-state index is 13.8. The van der Waals surface area contributed by atoms with Crippen LogP contribution in [0.3, 0.4) is 0 Å². The van der Waals surface area contributed by atoms with E-state index in [1.165, 1.54) is 4.90 Å². The molecule has 0 aromatic heterocycles. The van der Waals surface area contributed by atoms with Crippen LogP contribution in [0.15, 0.2) is 71.9 Å². The lowest BCUT2D eigenvalue weighted by Gasteiger charge is -2.31. The molecule has 2 atom stereocenters. The van der Waals surface area contributed by atoms with Gasteiger partial charge in [0.1, 0.15) is 6.04 Å². The van der Waals surface area contributed by atoms with Crippen LogP contribution >= 0.6 is 0 Å². The molecule has 1 saturated heterocycles. The molecular weight excluding hydrogens is 404 g/mol. The number of hydrogen-bond acceptors (Lipinski definition) is 3. The van der Waals surface area contributed by atoms with Crippen LogP contribution in [0.4, 0.5) is 4.79 Å². The number of carbonyl (C=O) groups excluding carboxylic acids is 3. The Balaban J connectivity index is 1.55. The fourth-order valence-electron chi connectivity index (χ4n) is 4.89. The van der Waals surface area contributed by atoms with Gasteiger partial charge in [-0.1, -0.05) is 60.7 Å². The summed E-state index contributed by atoms with van der Waals surface area (Å²) < 4.78 is 0. The van der Waals surface area contributed by atoms with Crippen molar-refractivity contribution >= 4 is 17.8 Å². The van der Waals surface area contributed by atoms with E-state index in [2.05, 4.69) is 5.32 Å². The topological polar surface area (TPSA) is 73.0 Å². The minimum atomic E-state index is -0.715. The monoisotopic (exact) mass is 430 g/mol. The molecule has 0 saturated carbocycles. The van der Waals surface area contributed by atoms with Crippen molar-refractivity contribution in [1.82, 2.24) is 20.0 Å². The van der Waals surface area contributed by atoms with Crippen molar-refractivity contribution in [2.45, 2.75) is 24.9 Å². The average Bonchev–Trinajstić information content (AvgIpc) is 3.47. The van der Waals surface area contributed by atoms with Gasteiger partial charge in [-0.2, -0.15) is 0 Å². The molecule has 1 N–H and O–H groups in total. The Hall–Kier alpha value is -3.61. The molecule has 3 aliphatic heterocycles. The van der Waals surface area contributed by atoms with Gasteiger partial charge in [-0.3, -0.25) is 14.5 Å². The van der Waals surface area contributed by atoms with E-state index in [0.29, 0.717) is 24.4 Å². The lowest BCUT2D eigenvalue weighted by atomic mass is 9.95. The molecule has 0 bridgehead atoms. The highest BCUT2D eigenvalue weighted by Crippen LogP contribution is 2.39. The summed E-state index contributed by atoms with van der Waals surface area (Å²) in [6.45, 7) is 1.65. The zero-order valence-corrected chi connectivity index (χ0v) is 18.0. The van der Waals surface area contributed by atoms with E-state index in [1.807, 2.05) is 65.6 Å². The van der Waals surface area contributed by atoms with Crippen LogP contribution < -0.4 is 5.32 Å². The molecule has 2 aromatic carbocycles. The van der Waals surface area contributed by atoms with Gasteiger partial charge in [-0.15, -0.1) is 0 Å². The molecular formula is C25H26N4O3. The second kappa shape index (κ2) is 8.15. The molecule has 0 radical (unpaired) electrons. The number of amides is 4. The van der Waals surface area contributed by atoms with Crippen molar-refractivity contribution in [2.75, 3.05) is 26.7 Å². The van der Waals surface area contributed by atoms with Gasteiger partial charge in [-0.05, 0) is 24.0 Å².